The van der Waals surface area contributed by atoms with Gasteiger partial charge in [0.2, 0.25) is 5.91 Å². The molecule has 0 fully saturated rings. The summed E-state index contributed by atoms with van der Waals surface area (Å²) in [5, 5.41) is 7.66. The van der Waals surface area contributed by atoms with Gasteiger partial charge in [0.05, 0.1) is 6.54 Å². The molecular weight excluding hydrogens is 261 g/mol. The molecule has 110 valence electrons. The van der Waals surface area contributed by atoms with Gasteiger partial charge in [0, 0.05) is 12.6 Å². The van der Waals surface area contributed by atoms with Crippen LogP contribution in [0.3, 0.4) is 0 Å². The average Bonchev–Trinajstić information content (AvgIpc) is 2.38. The van der Waals surface area contributed by atoms with E-state index in [9.17, 15) is 14.0 Å². The maximum absolute atomic E-state index is 13.3. The summed E-state index contributed by atoms with van der Waals surface area (Å²) >= 11 is 0. The minimum atomic E-state index is -0.385. The molecule has 5 nitrogen and oxygen atoms in total. The Hall–Kier alpha value is -2.11. The molecule has 0 aliphatic rings. The molecule has 0 bridgehead atoms. The molecule has 0 spiro atoms. The second-order valence-electron chi connectivity index (χ2n) is 4.67. The van der Waals surface area contributed by atoms with Crippen molar-refractivity contribution in [3.63, 3.8) is 0 Å². The number of urea groups is 1. The first-order chi connectivity index (χ1) is 9.49. The van der Waals surface area contributed by atoms with Gasteiger partial charge in [0.25, 0.3) is 0 Å². The van der Waals surface area contributed by atoms with Crippen LogP contribution in [0.4, 0.5) is 9.18 Å². The number of carbonyl (C=O) groups excluding carboxylic acids is 2. The summed E-state index contributed by atoms with van der Waals surface area (Å²) in [6.45, 7) is 3.88. The van der Waals surface area contributed by atoms with Crippen molar-refractivity contribution in [2.75, 3.05) is 13.1 Å². The van der Waals surface area contributed by atoms with Crippen molar-refractivity contribution in [3.05, 3.63) is 35.6 Å². The van der Waals surface area contributed by atoms with E-state index in [1.165, 1.54) is 6.07 Å². The molecule has 0 heterocycles. The lowest BCUT2D eigenvalue weighted by molar-refractivity contribution is -0.120. The summed E-state index contributed by atoms with van der Waals surface area (Å²) in [5.74, 6) is -0.587. The van der Waals surface area contributed by atoms with E-state index in [2.05, 4.69) is 16.0 Å². The van der Waals surface area contributed by atoms with Crippen LogP contribution >= 0.6 is 0 Å². The van der Waals surface area contributed by atoms with Gasteiger partial charge >= 0.3 is 6.03 Å². The van der Waals surface area contributed by atoms with Crippen molar-refractivity contribution in [2.24, 2.45) is 0 Å². The van der Waals surface area contributed by atoms with Crippen LogP contribution in [0, 0.1) is 5.82 Å². The first-order valence-electron chi connectivity index (χ1n) is 6.53. The third-order valence-electron chi connectivity index (χ3n) is 2.50. The highest BCUT2D eigenvalue weighted by atomic mass is 19.1. The molecule has 0 radical (unpaired) electrons. The molecule has 0 saturated carbocycles. The highest BCUT2D eigenvalue weighted by molar-refractivity contribution is 5.83. The molecular formula is C14H20FN3O2. The summed E-state index contributed by atoms with van der Waals surface area (Å²) in [4.78, 5) is 22.7. The minimum absolute atomic E-state index is 0.0131. The number of rotatable bonds is 6. The first-order valence-corrected chi connectivity index (χ1v) is 6.53. The molecule has 0 aromatic heterocycles. The van der Waals surface area contributed by atoms with E-state index in [0.29, 0.717) is 18.5 Å². The summed E-state index contributed by atoms with van der Waals surface area (Å²) in [5.41, 5.74) is 0.554. The van der Waals surface area contributed by atoms with Gasteiger partial charge in [0.15, 0.2) is 0 Å². The van der Waals surface area contributed by atoms with Crippen molar-refractivity contribution < 1.29 is 14.0 Å². The van der Waals surface area contributed by atoms with Crippen molar-refractivity contribution in [3.8, 4) is 0 Å². The zero-order valence-electron chi connectivity index (χ0n) is 11.7. The van der Waals surface area contributed by atoms with E-state index < -0.39 is 0 Å². The van der Waals surface area contributed by atoms with Gasteiger partial charge in [-0.25, -0.2) is 9.18 Å². The van der Waals surface area contributed by atoms with E-state index in [-0.39, 0.29) is 30.3 Å². The highest BCUT2D eigenvalue weighted by Gasteiger charge is 2.06. The second-order valence-corrected chi connectivity index (χ2v) is 4.67. The molecule has 20 heavy (non-hydrogen) atoms. The molecule has 0 saturated heterocycles. The molecule has 1 aromatic rings. The number of benzene rings is 1. The van der Waals surface area contributed by atoms with Crippen molar-refractivity contribution in [2.45, 2.75) is 26.3 Å². The van der Waals surface area contributed by atoms with Gasteiger partial charge in [-0.3, -0.25) is 4.79 Å². The zero-order valence-corrected chi connectivity index (χ0v) is 11.7. The van der Waals surface area contributed by atoms with E-state index in [1.54, 1.807) is 18.2 Å². The molecule has 3 N–H and O–H groups in total. The maximum atomic E-state index is 13.3. The van der Waals surface area contributed by atoms with E-state index in [1.807, 2.05) is 13.8 Å². The lowest BCUT2D eigenvalue weighted by Gasteiger charge is -2.10. The highest BCUT2D eigenvalue weighted by Crippen LogP contribution is 2.05. The molecule has 0 atom stereocenters. The number of nitrogens with one attached hydrogen (secondary N) is 3. The van der Waals surface area contributed by atoms with E-state index >= 15 is 0 Å². The average molecular weight is 281 g/mol. The quantitative estimate of drug-likeness (QED) is 0.733. The zero-order chi connectivity index (χ0) is 15.0. The van der Waals surface area contributed by atoms with Crippen LogP contribution in [0.15, 0.2) is 24.3 Å². The second kappa shape index (κ2) is 8.14. The Labute approximate surface area is 117 Å². The van der Waals surface area contributed by atoms with Crippen LogP contribution in [-0.4, -0.2) is 31.1 Å². The maximum Gasteiger partial charge on any atom is 0.315 e. The van der Waals surface area contributed by atoms with Crippen LogP contribution in [0.25, 0.3) is 0 Å². The van der Waals surface area contributed by atoms with Crippen LogP contribution in [-0.2, 0) is 11.2 Å². The Morgan fingerprint density at radius 2 is 1.90 bits per heavy atom. The molecule has 1 rings (SSSR count). The number of halogens is 1. The summed E-state index contributed by atoms with van der Waals surface area (Å²) in [6, 6.07) is 6.06. The van der Waals surface area contributed by atoms with E-state index in [0.717, 1.165) is 0 Å². The Kier molecular flexibility index (Phi) is 6.49. The fraction of sp³-hybridized carbons (Fsp3) is 0.429. The Balaban J connectivity index is 2.21. The van der Waals surface area contributed by atoms with Crippen LogP contribution in [0.1, 0.15) is 19.4 Å². The normalized spacial score (nSPS) is 10.2. The monoisotopic (exact) mass is 281 g/mol. The minimum Gasteiger partial charge on any atom is -0.354 e. The molecule has 0 unspecified atom stereocenters. The van der Waals surface area contributed by atoms with Gasteiger partial charge in [-0.1, -0.05) is 18.2 Å². The van der Waals surface area contributed by atoms with Gasteiger partial charge in [-0.2, -0.15) is 0 Å². The summed E-state index contributed by atoms with van der Waals surface area (Å²) < 4.78 is 13.3. The van der Waals surface area contributed by atoms with Crippen molar-refractivity contribution in [1.82, 2.24) is 16.0 Å². The largest absolute Gasteiger partial charge is 0.354 e. The third kappa shape index (κ3) is 6.17. The lowest BCUT2D eigenvalue weighted by Crippen LogP contribution is -2.44. The SMILES string of the molecule is CC(C)NC(=O)NCC(=O)NCCc1ccccc1F. The van der Waals surface area contributed by atoms with E-state index in [4.69, 9.17) is 0 Å². The van der Waals surface area contributed by atoms with Gasteiger partial charge in [-0.05, 0) is 31.9 Å². The van der Waals surface area contributed by atoms with Gasteiger partial charge in [0.1, 0.15) is 5.82 Å². The fourth-order valence-corrected chi connectivity index (χ4v) is 1.57. The van der Waals surface area contributed by atoms with Crippen LogP contribution in [0.2, 0.25) is 0 Å². The molecule has 3 amide bonds. The first kappa shape index (κ1) is 15.9. The Morgan fingerprint density at radius 1 is 1.20 bits per heavy atom. The standard InChI is InChI=1S/C14H20FN3O2/c1-10(2)18-14(20)17-9-13(19)16-8-7-11-5-3-4-6-12(11)15/h3-6,10H,7-9H2,1-2H3,(H,16,19)(H2,17,18,20). The number of amides is 3. The fourth-order valence-electron chi connectivity index (χ4n) is 1.57. The predicted molar refractivity (Wildman–Crippen MR) is 74.8 cm³/mol. The number of hydrogen-bond donors (Lipinski definition) is 3. The van der Waals surface area contributed by atoms with Gasteiger partial charge in [-0.15, -0.1) is 0 Å². The smallest absolute Gasteiger partial charge is 0.315 e. The summed E-state index contributed by atoms with van der Waals surface area (Å²) in [7, 11) is 0. The number of hydrogen-bond acceptors (Lipinski definition) is 2. The topological polar surface area (TPSA) is 70.2 Å². The Morgan fingerprint density at radius 3 is 2.55 bits per heavy atom. The Bertz CT molecular complexity index is 463. The van der Waals surface area contributed by atoms with Crippen molar-refractivity contribution in [1.29, 1.82) is 0 Å². The third-order valence-corrected chi connectivity index (χ3v) is 2.50. The molecule has 1 aromatic carbocycles. The van der Waals surface area contributed by atoms with Crippen LogP contribution < -0.4 is 16.0 Å². The number of carbonyl (C=O) groups is 2. The molecule has 6 heteroatoms. The van der Waals surface area contributed by atoms with Gasteiger partial charge < -0.3 is 16.0 Å². The van der Waals surface area contributed by atoms with Crippen molar-refractivity contribution >= 4 is 11.9 Å². The lowest BCUT2D eigenvalue weighted by atomic mass is 10.1. The summed E-state index contributed by atoms with van der Waals surface area (Å²) in [6.07, 6.45) is 0.413. The molecule has 0 aliphatic heterocycles. The predicted octanol–water partition coefficient (Wildman–Crippen LogP) is 1.19. The van der Waals surface area contributed by atoms with Crippen LogP contribution in [0.5, 0.6) is 0 Å². The molecule has 0 aliphatic carbocycles.